The number of nitrogens with zero attached hydrogens (tertiary/aromatic N) is 3. The van der Waals surface area contributed by atoms with E-state index in [0.717, 1.165) is 29.3 Å². The van der Waals surface area contributed by atoms with E-state index in [1.165, 1.54) is 5.57 Å². The Morgan fingerprint density at radius 2 is 2.21 bits per heavy atom. The topological polar surface area (TPSA) is 77.9 Å². The van der Waals surface area contributed by atoms with Gasteiger partial charge in [0.05, 0.1) is 35.9 Å². The van der Waals surface area contributed by atoms with Crippen LogP contribution >= 0.6 is 0 Å². The average Bonchev–Trinajstić information content (AvgIpc) is 3.52. The first-order chi connectivity index (χ1) is 16.2. The first-order valence-corrected chi connectivity index (χ1v) is 12.1. The molecule has 0 bridgehead atoms. The van der Waals surface area contributed by atoms with Crippen LogP contribution < -0.4 is 5.32 Å². The van der Waals surface area contributed by atoms with Crippen molar-refractivity contribution in [3.05, 3.63) is 71.7 Å². The van der Waals surface area contributed by atoms with E-state index in [1.807, 2.05) is 49.0 Å². The van der Waals surface area contributed by atoms with Gasteiger partial charge in [-0.15, -0.1) is 0 Å². The van der Waals surface area contributed by atoms with Gasteiger partial charge in [0.15, 0.2) is 6.23 Å². The molecule has 3 heterocycles. The second-order valence-corrected chi connectivity index (χ2v) is 9.59. The Morgan fingerprint density at radius 1 is 1.44 bits per heavy atom. The molecule has 7 nitrogen and oxygen atoms in total. The third-order valence-electron chi connectivity index (χ3n) is 6.94. The van der Waals surface area contributed by atoms with Crippen LogP contribution in [-0.2, 0) is 9.53 Å². The number of aliphatic hydroxyl groups is 1. The van der Waals surface area contributed by atoms with Crippen LogP contribution in [-0.4, -0.2) is 52.2 Å². The lowest BCUT2D eigenvalue weighted by molar-refractivity contribution is -0.119. The predicted octanol–water partition coefficient (Wildman–Crippen LogP) is 4.12. The van der Waals surface area contributed by atoms with Crippen molar-refractivity contribution in [3.63, 3.8) is 0 Å². The molecule has 182 valence electrons. The molecule has 3 aliphatic rings. The highest BCUT2D eigenvalue weighted by Crippen LogP contribution is 2.57. The number of ether oxygens (including phenoxy) is 1. The van der Waals surface area contributed by atoms with E-state index in [1.54, 1.807) is 12.4 Å². The first kappa shape index (κ1) is 24.1. The van der Waals surface area contributed by atoms with Gasteiger partial charge in [0.1, 0.15) is 0 Å². The molecule has 2 aliphatic heterocycles. The summed E-state index contributed by atoms with van der Waals surface area (Å²) in [4.78, 5) is 21.4. The van der Waals surface area contributed by atoms with Gasteiger partial charge in [-0.25, -0.2) is 0 Å². The molecule has 1 aromatic heterocycles. The monoisotopic (exact) mass is 464 g/mol. The summed E-state index contributed by atoms with van der Waals surface area (Å²) in [6.45, 7) is 13.4. The third kappa shape index (κ3) is 4.62. The van der Waals surface area contributed by atoms with Gasteiger partial charge >= 0.3 is 0 Å². The zero-order chi connectivity index (χ0) is 24.6. The van der Waals surface area contributed by atoms with Crippen molar-refractivity contribution in [2.45, 2.75) is 46.3 Å². The summed E-state index contributed by atoms with van der Waals surface area (Å²) < 4.78 is 5.69. The van der Waals surface area contributed by atoms with Gasteiger partial charge in [-0.1, -0.05) is 26.5 Å². The smallest absolute Gasteiger partial charge is 0.231 e. The van der Waals surface area contributed by atoms with Crippen molar-refractivity contribution in [3.8, 4) is 0 Å². The van der Waals surface area contributed by atoms with E-state index < -0.39 is 6.23 Å². The Hall–Kier alpha value is -3.06. The van der Waals surface area contributed by atoms with Crippen molar-refractivity contribution < 1.29 is 14.6 Å². The lowest BCUT2D eigenvalue weighted by Crippen LogP contribution is -2.35. The van der Waals surface area contributed by atoms with Gasteiger partial charge in [0.25, 0.3) is 0 Å². The maximum absolute atomic E-state index is 13.0. The fourth-order valence-corrected chi connectivity index (χ4v) is 4.85. The number of hydrogen-bond donors (Lipinski definition) is 2. The van der Waals surface area contributed by atoms with Gasteiger partial charge < -0.3 is 25.0 Å². The Labute approximate surface area is 202 Å². The fourth-order valence-electron chi connectivity index (χ4n) is 4.85. The van der Waals surface area contributed by atoms with Gasteiger partial charge in [-0.2, -0.15) is 0 Å². The van der Waals surface area contributed by atoms with E-state index in [0.29, 0.717) is 18.7 Å². The zero-order valence-electron chi connectivity index (χ0n) is 20.8. The summed E-state index contributed by atoms with van der Waals surface area (Å²) >= 11 is 0. The number of nitrogens with one attached hydrogen (secondary N) is 1. The molecule has 2 N–H and O–H groups in total. The predicted molar refractivity (Wildman–Crippen MR) is 133 cm³/mol. The van der Waals surface area contributed by atoms with E-state index in [-0.39, 0.29) is 29.6 Å². The molecule has 7 heteroatoms. The molecule has 0 saturated heterocycles. The van der Waals surface area contributed by atoms with Gasteiger partial charge in [0.2, 0.25) is 5.91 Å². The minimum absolute atomic E-state index is 0.0307. The molecule has 34 heavy (non-hydrogen) atoms. The minimum atomic E-state index is -0.716. The summed E-state index contributed by atoms with van der Waals surface area (Å²) in [6, 6.07) is 2.04. The average molecular weight is 465 g/mol. The number of allylic oxidation sites excluding steroid dienone is 3. The summed E-state index contributed by atoms with van der Waals surface area (Å²) in [5.41, 5.74) is 4.82. The van der Waals surface area contributed by atoms with Crippen molar-refractivity contribution in [1.82, 2.24) is 14.8 Å². The molecule has 0 aromatic carbocycles. The summed E-state index contributed by atoms with van der Waals surface area (Å²) in [7, 11) is 1.88. The second-order valence-electron chi connectivity index (χ2n) is 9.59. The van der Waals surface area contributed by atoms with Gasteiger partial charge in [-0.05, 0) is 49.7 Å². The maximum atomic E-state index is 13.0. The minimum Gasteiger partial charge on any atom is -0.498 e. The molecule has 1 saturated carbocycles. The van der Waals surface area contributed by atoms with Crippen LogP contribution in [0.2, 0.25) is 0 Å². The molecule has 0 spiro atoms. The Balaban J connectivity index is 1.57. The Kier molecular flexibility index (Phi) is 6.84. The van der Waals surface area contributed by atoms with Crippen LogP contribution in [0.15, 0.2) is 60.4 Å². The highest BCUT2D eigenvalue weighted by atomic mass is 16.5. The highest BCUT2D eigenvalue weighted by Gasteiger charge is 2.47. The molecule has 1 fully saturated rings. The zero-order valence-corrected chi connectivity index (χ0v) is 20.8. The van der Waals surface area contributed by atoms with E-state index in [9.17, 15) is 9.90 Å². The number of hydrogen-bond acceptors (Lipinski definition) is 6. The van der Waals surface area contributed by atoms with Crippen LogP contribution in [0.5, 0.6) is 0 Å². The quantitative estimate of drug-likeness (QED) is 0.632. The summed E-state index contributed by atoms with van der Waals surface area (Å²) in [6.07, 6.45) is 9.56. The number of likely N-dealkylation sites (N-methyl/N-ethyl adjacent to an activating group) is 2. The molecule has 1 aliphatic carbocycles. The third-order valence-corrected chi connectivity index (χ3v) is 6.94. The van der Waals surface area contributed by atoms with Gasteiger partial charge in [-0.3, -0.25) is 9.78 Å². The SMILES string of the molecule is C=CN(CC)C1=CC2C(=CN(C)C1O)C2c1cc(NC(=O)C2C=C(C(C)C)OCC2)cnc1C. The highest BCUT2D eigenvalue weighted by molar-refractivity contribution is 5.93. The molecule has 0 radical (unpaired) electrons. The number of fused-ring (bicyclic) bond motifs is 1. The Morgan fingerprint density at radius 3 is 2.88 bits per heavy atom. The first-order valence-electron chi connectivity index (χ1n) is 12.1. The van der Waals surface area contributed by atoms with Crippen LogP contribution in [0.1, 0.15) is 44.4 Å². The lowest BCUT2D eigenvalue weighted by atomic mass is 9.98. The number of aliphatic hydroxyl groups excluding tert-OH is 1. The van der Waals surface area contributed by atoms with Crippen molar-refractivity contribution in [2.75, 3.05) is 25.5 Å². The van der Waals surface area contributed by atoms with Crippen molar-refractivity contribution in [1.29, 1.82) is 0 Å². The Bertz CT molecular complexity index is 1060. The number of pyridine rings is 1. The number of anilines is 1. The number of carbonyl (C=O) groups is 1. The number of aromatic nitrogens is 1. The second kappa shape index (κ2) is 9.66. The van der Waals surface area contributed by atoms with Gasteiger partial charge in [0, 0.05) is 43.2 Å². The van der Waals surface area contributed by atoms with Crippen LogP contribution in [0.3, 0.4) is 0 Å². The summed E-state index contributed by atoms with van der Waals surface area (Å²) in [5.74, 6) is 1.27. The van der Waals surface area contributed by atoms with Crippen molar-refractivity contribution in [2.24, 2.45) is 17.8 Å². The standard InChI is InChI=1S/C27H36N4O3/c1-7-31(8-2)23-13-21-22(15-30(6)27(23)33)25(21)20-12-19(14-28-17(20)5)29-26(32)18-9-10-34-24(11-18)16(3)4/h7,11-16,18,21,25,27,33H,1,8-10H2,2-6H3,(H,29,32). The molecule has 1 amide bonds. The largest absolute Gasteiger partial charge is 0.498 e. The van der Waals surface area contributed by atoms with Crippen LogP contribution in [0.25, 0.3) is 0 Å². The molecule has 1 aromatic rings. The van der Waals surface area contributed by atoms with E-state index >= 15 is 0 Å². The number of rotatable bonds is 7. The van der Waals surface area contributed by atoms with E-state index in [2.05, 4.69) is 36.8 Å². The summed E-state index contributed by atoms with van der Waals surface area (Å²) in [5, 5.41) is 13.8. The maximum Gasteiger partial charge on any atom is 0.231 e. The van der Waals surface area contributed by atoms with E-state index in [4.69, 9.17) is 4.74 Å². The normalized spacial score (nSPS) is 25.9. The molecular formula is C27H36N4O3. The molecular weight excluding hydrogens is 428 g/mol. The molecule has 4 atom stereocenters. The molecule has 4 rings (SSSR count). The number of carbonyl (C=O) groups excluding carboxylic acids is 1. The fraction of sp³-hybridized carbons (Fsp3) is 0.481. The lowest BCUT2D eigenvalue weighted by Gasteiger charge is -2.30. The van der Waals surface area contributed by atoms with Crippen LogP contribution in [0.4, 0.5) is 5.69 Å². The van der Waals surface area contributed by atoms with Crippen molar-refractivity contribution >= 4 is 11.6 Å². The number of amides is 1. The molecule has 4 unspecified atom stereocenters. The van der Waals surface area contributed by atoms with Crippen LogP contribution in [0, 0.1) is 24.7 Å². The number of aryl methyl sites for hydroxylation is 1.